The summed E-state index contributed by atoms with van der Waals surface area (Å²) in [7, 11) is 0. The molecular formula is C14H18FN3. The molecule has 0 amide bonds. The van der Waals surface area contributed by atoms with Gasteiger partial charge in [0.15, 0.2) is 0 Å². The molecule has 0 saturated carbocycles. The number of hydrogen-bond acceptors (Lipinski definition) is 3. The van der Waals surface area contributed by atoms with E-state index in [9.17, 15) is 4.39 Å². The molecule has 96 valence electrons. The summed E-state index contributed by atoms with van der Waals surface area (Å²) >= 11 is 0. The fourth-order valence-electron chi connectivity index (χ4n) is 2.35. The number of rotatable bonds is 3. The molecule has 18 heavy (non-hydrogen) atoms. The van der Waals surface area contributed by atoms with E-state index in [2.05, 4.69) is 24.1 Å². The van der Waals surface area contributed by atoms with E-state index in [0.717, 1.165) is 19.5 Å². The normalized spacial score (nSPS) is 20.1. The largest absolute Gasteiger partial charge is 0.380 e. The van der Waals surface area contributed by atoms with Gasteiger partial charge < -0.3 is 5.32 Å². The maximum absolute atomic E-state index is 13.5. The van der Waals surface area contributed by atoms with Gasteiger partial charge in [0.1, 0.15) is 17.4 Å². The third-order valence-corrected chi connectivity index (χ3v) is 3.44. The average Bonchev–Trinajstić information content (AvgIpc) is 2.78. The summed E-state index contributed by atoms with van der Waals surface area (Å²) in [6, 6.07) is 7.46. The highest BCUT2D eigenvalue weighted by atomic mass is 19.1. The zero-order chi connectivity index (χ0) is 13.1. The van der Waals surface area contributed by atoms with E-state index < -0.39 is 5.82 Å². The lowest BCUT2D eigenvalue weighted by Crippen LogP contribution is -2.31. The number of halogens is 1. The van der Waals surface area contributed by atoms with Crippen molar-refractivity contribution < 1.29 is 4.39 Å². The Morgan fingerprint density at radius 3 is 2.89 bits per heavy atom. The fraction of sp³-hybridized carbons (Fsp3) is 0.500. The summed E-state index contributed by atoms with van der Waals surface area (Å²) in [5.41, 5.74) is 0.716. The molecule has 1 aromatic carbocycles. The van der Waals surface area contributed by atoms with Crippen molar-refractivity contribution in [2.24, 2.45) is 0 Å². The Kier molecular flexibility index (Phi) is 3.83. The van der Waals surface area contributed by atoms with Crippen LogP contribution in [0.2, 0.25) is 0 Å². The van der Waals surface area contributed by atoms with Gasteiger partial charge in [-0.05, 0) is 32.4 Å². The van der Waals surface area contributed by atoms with Crippen molar-refractivity contribution in [1.82, 2.24) is 4.90 Å². The Bertz CT molecular complexity index is 465. The number of benzene rings is 1. The Hall–Kier alpha value is -1.60. The van der Waals surface area contributed by atoms with Crippen molar-refractivity contribution in [2.75, 3.05) is 18.4 Å². The summed E-state index contributed by atoms with van der Waals surface area (Å²) < 4.78 is 13.5. The van der Waals surface area contributed by atoms with E-state index >= 15 is 0 Å². The van der Waals surface area contributed by atoms with Gasteiger partial charge in [0.05, 0.1) is 5.69 Å². The van der Waals surface area contributed by atoms with Gasteiger partial charge in [0.2, 0.25) is 0 Å². The highest BCUT2D eigenvalue weighted by Gasteiger charge is 2.24. The summed E-state index contributed by atoms with van der Waals surface area (Å²) in [6.45, 7) is 6.34. The molecule has 3 nitrogen and oxygen atoms in total. The quantitative estimate of drug-likeness (QED) is 0.892. The van der Waals surface area contributed by atoms with Gasteiger partial charge in [-0.25, -0.2) is 4.39 Å². The molecule has 1 fully saturated rings. The van der Waals surface area contributed by atoms with E-state index in [0.29, 0.717) is 17.8 Å². The lowest BCUT2D eigenvalue weighted by atomic mass is 10.1. The number of nitrogens with one attached hydrogen (secondary N) is 1. The van der Waals surface area contributed by atoms with E-state index in [-0.39, 0.29) is 5.56 Å². The lowest BCUT2D eigenvalue weighted by molar-refractivity contribution is 0.274. The first-order valence-electron chi connectivity index (χ1n) is 6.31. The van der Waals surface area contributed by atoms with Crippen LogP contribution in [0.4, 0.5) is 10.1 Å². The number of nitriles is 1. The minimum Gasteiger partial charge on any atom is -0.380 e. The van der Waals surface area contributed by atoms with Gasteiger partial charge in [0.25, 0.3) is 0 Å². The van der Waals surface area contributed by atoms with Crippen LogP contribution >= 0.6 is 0 Å². The predicted octanol–water partition coefficient (Wildman–Crippen LogP) is 2.59. The molecule has 1 aliphatic heterocycles. The zero-order valence-electron chi connectivity index (χ0n) is 10.8. The van der Waals surface area contributed by atoms with E-state index in [1.807, 2.05) is 6.07 Å². The minimum atomic E-state index is -0.457. The van der Waals surface area contributed by atoms with Crippen LogP contribution in [0.5, 0.6) is 0 Å². The molecule has 0 bridgehead atoms. The van der Waals surface area contributed by atoms with Crippen LogP contribution in [-0.2, 0) is 0 Å². The highest BCUT2D eigenvalue weighted by Crippen LogP contribution is 2.22. The molecule has 1 atom stereocenters. The molecule has 1 saturated heterocycles. The molecule has 0 spiro atoms. The molecule has 0 aromatic heterocycles. The Morgan fingerprint density at radius 1 is 1.50 bits per heavy atom. The summed E-state index contributed by atoms with van der Waals surface area (Å²) in [5.74, 6) is -0.457. The third kappa shape index (κ3) is 2.62. The first kappa shape index (κ1) is 12.8. The molecule has 1 aromatic rings. The smallest absolute Gasteiger partial charge is 0.143 e. The Balaban J connectivity index is 2.08. The van der Waals surface area contributed by atoms with Crippen LogP contribution in [0.25, 0.3) is 0 Å². The van der Waals surface area contributed by atoms with Crippen LogP contribution in [0.15, 0.2) is 18.2 Å². The van der Waals surface area contributed by atoms with Crippen molar-refractivity contribution in [2.45, 2.75) is 32.4 Å². The summed E-state index contributed by atoms with van der Waals surface area (Å²) in [4.78, 5) is 2.38. The molecule has 0 radical (unpaired) electrons. The molecular weight excluding hydrogens is 229 g/mol. The SMILES string of the molecule is CC(C)N1CCC(Nc2cccc(F)c2C#N)C1. The molecule has 1 N–H and O–H groups in total. The third-order valence-electron chi connectivity index (χ3n) is 3.44. The first-order chi connectivity index (χ1) is 8.61. The van der Waals surface area contributed by atoms with Crippen molar-refractivity contribution in [3.63, 3.8) is 0 Å². The van der Waals surface area contributed by atoms with Gasteiger partial charge >= 0.3 is 0 Å². The average molecular weight is 247 g/mol. The maximum Gasteiger partial charge on any atom is 0.143 e. The van der Waals surface area contributed by atoms with Gasteiger partial charge in [0, 0.05) is 25.2 Å². The number of anilines is 1. The number of nitrogens with zero attached hydrogens (tertiary/aromatic N) is 2. The minimum absolute atomic E-state index is 0.112. The van der Waals surface area contributed by atoms with Crippen molar-refractivity contribution in [3.8, 4) is 6.07 Å². The van der Waals surface area contributed by atoms with E-state index in [4.69, 9.17) is 5.26 Å². The topological polar surface area (TPSA) is 39.1 Å². The lowest BCUT2D eigenvalue weighted by Gasteiger charge is -2.21. The predicted molar refractivity (Wildman–Crippen MR) is 69.9 cm³/mol. The second-order valence-corrected chi connectivity index (χ2v) is 4.99. The van der Waals surface area contributed by atoms with Crippen LogP contribution in [-0.4, -0.2) is 30.1 Å². The number of hydrogen-bond donors (Lipinski definition) is 1. The van der Waals surface area contributed by atoms with E-state index in [1.165, 1.54) is 6.07 Å². The standard InChI is InChI=1S/C14H18FN3/c1-10(2)18-7-6-11(9-18)17-14-5-3-4-13(15)12(14)8-16/h3-5,10-11,17H,6-7,9H2,1-2H3. The molecule has 0 aliphatic carbocycles. The molecule has 1 unspecified atom stereocenters. The molecule has 1 aliphatic rings. The Morgan fingerprint density at radius 2 is 2.28 bits per heavy atom. The van der Waals surface area contributed by atoms with Crippen molar-refractivity contribution >= 4 is 5.69 Å². The molecule has 2 rings (SSSR count). The van der Waals surface area contributed by atoms with Crippen LogP contribution < -0.4 is 5.32 Å². The van der Waals surface area contributed by atoms with Crippen LogP contribution in [0.3, 0.4) is 0 Å². The second kappa shape index (κ2) is 5.36. The summed E-state index contributed by atoms with van der Waals surface area (Å²) in [6.07, 6.45) is 1.03. The van der Waals surface area contributed by atoms with Crippen LogP contribution in [0, 0.1) is 17.1 Å². The second-order valence-electron chi connectivity index (χ2n) is 4.99. The maximum atomic E-state index is 13.5. The monoisotopic (exact) mass is 247 g/mol. The Labute approximate surface area is 107 Å². The molecule has 4 heteroatoms. The number of likely N-dealkylation sites (tertiary alicyclic amines) is 1. The van der Waals surface area contributed by atoms with Crippen LogP contribution in [0.1, 0.15) is 25.8 Å². The summed E-state index contributed by atoms with van der Waals surface area (Å²) in [5, 5.41) is 12.3. The van der Waals surface area contributed by atoms with E-state index in [1.54, 1.807) is 12.1 Å². The first-order valence-corrected chi connectivity index (χ1v) is 6.31. The van der Waals surface area contributed by atoms with Gasteiger partial charge in [-0.3, -0.25) is 4.90 Å². The van der Waals surface area contributed by atoms with Crippen molar-refractivity contribution in [1.29, 1.82) is 5.26 Å². The fourth-order valence-corrected chi connectivity index (χ4v) is 2.35. The molecule has 1 heterocycles. The zero-order valence-corrected chi connectivity index (χ0v) is 10.8. The van der Waals surface area contributed by atoms with Crippen molar-refractivity contribution in [3.05, 3.63) is 29.6 Å². The van der Waals surface area contributed by atoms with Gasteiger partial charge in [-0.15, -0.1) is 0 Å². The van der Waals surface area contributed by atoms with Gasteiger partial charge in [-0.1, -0.05) is 6.07 Å². The highest BCUT2D eigenvalue weighted by molar-refractivity contribution is 5.58. The van der Waals surface area contributed by atoms with Gasteiger partial charge in [-0.2, -0.15) is 5.26 Å².